The molecule has 0 amide bonds. The van der Waals surface area contributed by atoms with E-state index >= 15 is 0 Å². The number of imidazole rings is 1. The number of nitrogens with one attached hydrogen (secondary N) is 1. The first kappa shape index (κ1) is 26.7. The maximum absolute atomic E-state index is 13.4. The second-order valence-corrected chi connectivity index (χ2v) is 8.47. The van der Waals surface area contributed by atoms with Crippen molar-refractivity contribution in [3.63, 3.8) is 0 Å². The minimum Gasteiger partial charge on any atom is -0.394 e. The second kappa shape index (κ2) is 10.6. The van der Waals surface area contributed by atoms with Crippen LogP contribution in [0.25, 0.3) is 11.2 Å². The zero-order chi connectivity index (χ0) is 27.0. The molecule has 0 aliphatic carbocycles. The van der Waals surface area contributed by atoms with Crippen LogP contribution < -0.4 is 17.0 Å². The van der Waals surface area contributed by atoms with Gasteiger partial charge < -0.3 is 35.6 Å². The number of ether oxygens (including phenoxy) is 2. The number of hydrogen-bond donors (Lipinski definition) is 6. The number of hydrogen-bond acceptors (Lipinski definition) is 12. The van der Waals surface area contributed by atoms with E-state index in [1.165, 1.54) is 17.1 Å². The lowest BCUT2D eigenvalue weighted by Crippen LogP contribution is -2.33. The Morgan fingerprint density at radius 3 is 2.46 bits per heavy atom. The Labute approximate surface area is 205 Å². The van der Waals surface area contributed by atoms with Crippen molar-refractivity contribution in [2.45, 2.75) is 56.4 Å². The number of anilines is 1. The van der Waals surface area contributed by atoms with Crippen LogP contribution in [0.15, 0.2) is 22.1 Å². The summed E-state index contributed by atoms with van der Waals surface area (Å²) in [6.07, 6.45) is -6.09. The van der Waals surface area contributed by atoms with Crippen molar-refractivity contribution in [2.75, 3.05) is 18.9 Å². The van der Waals surface area contributed by atoms with Crippen LogP contribution >= 0.6 is 0 Å². The Morgan fingerprint density at radius 1 is 1.14 bits per heavy atom. The van der Waals surface area contributed by atoms with E-state index in [1.54, 1.807) is 6.92 Å². The van der Waals surface area contributed by atoms with E-state index in [4.69, 9.17) is 25.4 Å². The van der Waals surface area contributed by atoms with Crippen LogP contribution in [0.4, 0.5) is 14.6 Å². The maximum Gasteiger partial charge on any atom is 0.330 e. The number of aromatic amines is 1. The van der Waals surface area contributed by atoms with Crippen molar-refractivity contribution < 1.29 is 38.7 Å². The lowest BCUT2D eigenvalue weighted by atomic mass is 10.1. The standard InChI is InChI=1S/C10H12FN5O4.C10H13FN2O4/c11-10-14-7(12)4-8(15-10)16(2-13-4)9-6(19)5(18)3(1-17)20-9;1-5-3-13(10(16)12-9(5)15)8-2-6(11)7(4-14)17-8/h2-3,5-6,9,17-19H,1H2,(H2,12,14,15);3,6-8,14H,2,4H2,1H3,(H,12,15,16)/t3-,5-,6+,9-;6-,7+,8+/m10/s1. The van der Waals surface area contributed by atoms with Gasteiger partial charge in [0, 0.05) is 18.2 Å². The number of nitrogens with two attached hydrogens (primary N) is 1. The summed E-state index contributed by atoms with van der Waals surface area (Å²) in [5.74, 6) is -0.141. The van der Waals surface area contributed by atoms with E-state index in [9.17, 15) is 28.6 Å². The van der Waals surface area contributed by atoms with Crippen molar-refractivity contribution >= 4 is 17.0 Å². The van der Waals surface area contributed by atoms with Crippen molar-refractivity contribution in [3.8, 4) is 0 Å². The fourth-order valence-electron chi connectivity index (χ4n) is 4.03. The molecule has 2 aliphatic rings. The first-order valence-corrected chi connectivity index (χ1v) is 11.1. The zero-order valence-electron chi connectivity index (χ0n) is 19.3. The Hall–Kier alpha value is -3.35. The summed E-state index contributed by atoms with van der Waals surface area (Å²) in [7, 11) is 0. The van der Waals surface area contributed by atoms with Gasteiger partial charge in [-0.25, -0.2) is 14.2 Å². The highest BCUT2D eigenvalue weighted by Crippen LogP contribution is 2.32. The van der Waals surface area contributed by atoms with Gasteiger partial charge >= 0.3 is 11.8 Å². The summed E-state index contributed by atoms with van der Waals surface area (Å²) < 4.78 is 39.5. The van der Waals surface area contributed by atoms with Crippen LogP contribution in [0.1, 0.15) is 24.4 Å². The average molecular weight is 529 g/mol. The number of aliphatic hydroxyl groups is 4. The van der Waals surface area contributed by atoms with Crippen molar-refractivity contribution in [3.05, 3.63) is 45.0 Å². The predicted molar refractivity (Wildman–Crippen MR) is 119 cm³/mol. The molecule has 5 heterocycles. The molecule has 2 fully saturated rings. The fraction of sp³-hybridized carbons (Fsp3) is 0.550. The molecule has 0 radical (unpaired) electrons. The van der Waals surface area contributed by atoms with E-state index in [0.29, 0.717) is 5.56 Å². The van der Waals surface area contributed by atoms with Gasteiger partial charge in [-0.15, -0.1) is 0 Å². The summed E-state index contributed by atoms with van der Waals surface area (Å²) in [6, 6.07) is 0. The first-order valence-electron chi connectivity index (χ1n) is 11.1. The molecule has 5 rings (SSSR count). The second-order valence-electron chi connectivity index (χ2n) is 8.47. The van der Waals surface area contributed by atoms with Crippen LogP contribution in [0.5, 0.6) is 0 Å². The number of aryl methyl sites for hydroxylation is 1. The maximum atomic E-state index is 13.4. The molecule has 2 saturated heterocycles. The summed E-state index contributed by atoms with van der Waals surface area (Å²) >= 11 is 0. The predicted octanol–water partition coefficient (Wildman–Crippen LogP) is -2.38. The normalized spacial score (nSPS) is 29.4. The summed E-state index contributed by atoms with van der Waals surface area (Å²) in [5, 5.41) is 37.5. The molecule has 0 saturated carbocycles. The summed E-state index contributed by atoms with van der Waals surface area (Å²) in [4.78, 5) is 35.6. The van der Waals surface area contributed by atoms with E-state index in [2.05, 4.69) is 19.9 Å². The van der Waals surface area contributed by atoms with E-state index in [-0.39, 0.29) is 23.4 Å². The van der Waals surface area contributed by atoms with Gasteiger partial charge in [0.2, 0.25) is 0 Å². The first-order chi connectivity index (χ1) is 17.5. The molecular weight excluding hydrogens is 504 g/mol. The van der Waals surface area contributed by atoms with Crippen molar-refractivity contribution in [1.82, 2.24) is 29.1 Å². The molecule has 0 spiro atoms. The summed E-state index contributed by atoms with van der Waals surface area (Å²) in [6.45, 7) is 0.641. The van der Waals surface area contributed by atoms with E-state index in [0.717, 1.165) is 4.57 Å². The lowest BCUT2D eigenvalue weighted by molar-refractivity contribution is -0.0511. The van der Waals surface area contributed by atoms with Gasteiger partial charge in [0.25, 0.3) is 5.56 Å². The van der Waals surface area contributed by atoms with E-state index < -0.39 is 73.6 Å². The van der Waals surface area contributed by atoms with Crippen LogP contribution in [0.2, 0.25) is 0 Å². The molecule has 0 unspecified atom stereocenters. The van der Waals surface area contributed by atoms with Gasteiger partial charge in [-0.3, -0.25) is 18.9 Å². The molecule has 202 valence electrons. The molecule has 15 nitrogen and oxygen atoms in total. The van der Waals surface area contributed by atoms with Gasteiger partial charge in [0.1, 0.15) is 36.8 Å². The lowest BCUT2D eigenvalue weighted by Gasteiger charge is -2.16. The molecule has 7 atom stereocenters. The molecular formula is C20H25F2N7O8. The molecule has 3 aromatic rings. The Bertz CT molecular complexity index is 1380. The van der Waals surface area contributed by atoms with Crippen molar-refractivity contribution in [1.29, 1.82) is 0 Å². The van der Waals surface area contributed by atoms with E-state index in [1.807, 2.05) is 0 Å². The molecule has 0 aromatic carbocycles. The Balaban J connectivity index is 0.000000176. The molecule has 17 heteroatoms. The third kappa shape index (κ3) is 5.09. The fourth-order valence-corrected chi connectivity index (χ4v) is 4.03. The topological polar surface area (TPSA) is 224 Å². The average Bonchev–Trinajstić information content (AvgIpc) is 3.52. The molecule has 0 bridgehead atoms. The van der Waals surface area contributed by atoms with Crippen molar-refractivity contribution in [2.24, 2.45) is 0 Å². The highest BCUT2D eigenvalue weighted by molar-refractivity contribution is 5.81. The number of halogens is 2. The Kier molecular flexibility index (Phi) is 7.62. The number of aliphatic hydroxyl groups excluding tert-OH is 4. The zero-order valence-corrected chi connectivity index (χ0v) is 19.3. The molecule has 7 N–H and O–H groups in total. The highest BCUT2D eigenvalue weighted by Gasteiger charge is 2.44. The van der Waals surface area contributed by atoms with Gasteiger partial charge in [0.05, 0.1) is 19.5 Å². The Morgan fingerprint density at radius 2 is 1.84 bits per heavy atom. The monoisotopic (exact) mass is 529 g/mol. The number of aromatic nitrogens is 6. The minimum absolute atomic E-state index is 0.0172. The number of fused-ring (bicyclic) bond motifs is 1. The molecule has 3 aromatic heterocycles. The third-order valence-corrected chi connectivity index (χ3v) is 6.01. The third-order valence-electron chi connectivity index (χ3n) is 6.01. The van der Waals surface area contributed by atoms with Gasteiger partial charge in [-0.05, 0) is 6.92 Å². The van der Waals surface area contributed by atoms with Crippen LogP contribution in [0.3, 0.4) is 0 Å². The van der Waals surface area contributed by atoms with Crippen LogP contribution in [-0.4, -0.2) is 93.3 Å². The number of rotatable bonds is 4. The van der Waals surface area contributed by atoms with Crippen LogP contribution in [-0.2, 0) is 9.47 Å². The number of H-pyrrole nitrogens is 1. The number of alkyl halides is 1. The number of nitrogen functional groups attached to an aromatic ring is 1. The summed E-state index contributed by atoms with van der Waals surface area (Å²) in [5.41, 5.74) is 4.94. The van der Waals surface area contributed by atoms with Gasteiger partial charge in [0.15, 0.2) is 23.2 Å². The van der Waals surface area contributed by atoms with Gasteiger partial charge in [-0.2, -0.15) is 14.4 Å². The smallest absolute Gasteiger partial charge is 0.330 e. The quantitative estimate of drug-likeness (QED) is 0.195. The molecule has 37 heavy (non-hydrogen) atoms. The highest BCUT2D eigenvalue weighted by atomic mass is 19.1. The van der Waals surface area contributed by atoms with Crippen LogP contribution in [0, 0.1) is 13.0 Å². The SMILES string of the molecule is Cc1cn([C@H]2C[C@H](F)[C@@H](CO)O2)c(=O)[nH]c1=O.Nc1nc(F)nc2c1ncn2[C@@H]1O[C@H](CO)[C@@H](O)[C@@H]1O. The molecule has 2 aliphatic heterocycles. The number of nitrogens with zero attached hydrogens (tertiary/aromatic N) is 5. The largest absolute Gasteiger partial charge is 0.394 e. The van der Waals surface area contributed by atoms with Gasteiger partial charge in [-0.1, -0.05) is 0 Å². The minimum atomic E-state index is -1.32.